The summed E-state index contributed by atoms with van der Waals surface area (Å²) in [5, 5.41) is 15.2. The number of aromatic nitrogens is 2. The number of nitrogens with zero attached hydrogens (tertiary/aromatic N) is 5. The maximum atomic E-state index is 11.3. The Hall–Kier alpha value is -2.71. The van der Waals surface area contributed by atoms with E-state index in [1.807, 2.05) is 0 Å². The molecule has 1 aliphatic heterocycles. The predicted octanol–water partition coefficient (Wildman–Crippen LogP) is 2.04. The summed E-state index contributed by atoms with van der Waals surface area (Å²) >= 11 is 0. The molecule has 1 fully saturated rings. The Morgan fingerprint density at radius 2 is 2.05 bits per heavy atom. The first kappa shape index (κ1) is 13.3. The van der Waals surface area contributed by atoms with Gasteiger partial charge in [0.1, 0.15) is 5.82 Å². The quantitative estimate of drug-likeness (QED) is 0.847. The molecule has 1 N–H and O–H groups in total. The highest BCUT2D eigenvalue weighted by Crippen LogP contribution is 2.26. The van der Waals surface area contributed by atoms with Gasteiger partial charge in [-0.1, -0.05) is 5.11 Å². The highest BCUT2D eigenvalue weighted by molar-refractivity contribution is 5.66. The van der Waals surface area contributed by atoms with Crippen molar-refractivity contribution in [3.05, 3.63) is 22.7 Å². The number of fused-ring (bicyclic) bond motifs is 1. The molecule has 3 rings (SSSR count). The van der Waals surface area contributed by atoms with E-state index in [-0.39, 0.29) is 5.65 Å². The van der Waals surface area contributed by atoms with Gasteiger partial charge in [0.05, 0.1) is 5.69 Å². The van der Waals surface area contributed by atoms with E-state index >= 15 is 0 Å². The third-order valence-corrected chi connectivity index (χ3v) is 3.28. The lowest BCUT2D eigenvalue weighted by Crippen LogP contribution is -2.30. The molecule has 1 saturated heterocycles. The van der Waals surface area contributed by atoms with E-state index in [1.165, 1.54) is 10.6 Å². The minimum atomic E-state index is -1.38. The number of anilines is 1. The van der Waals surface area contributed by atoms with Gasteiger partial charge in [0.15, 0.2) is 5.65 Å². The van der Waals surface area contributed by atoms with Gasteiger partial charge in [0, 0.05) is 25.2 Å². The third-order valence-electron chi connectivity index (χ3n) is 3.28. The van der Waals surface area contributed by atoms with Crippen LogP contribution < -0.4 is 10.7 Å². The number of carbonyl (C=O) groups is 1. The van der Waals surface area contributed by atoms with Crippen LogP contribution in [0.4, 0.5) is 16.3 Å². The van der Waals surface area contributed by atoms with E-state index in [0.29, 0.717) is 11.5 Å². The Bertz CT molecular complexity index is 757. The van der Waals surface area contributed by atoms with Gasteiger partial charge in [-0.2, -0.15) is 4.98 Å². The standard InChI is InChI=1S/C12H13N5O4/c18-11(19)15-14-8-6-9-13-12(20)21-17(9)10(7-8)16-4-2-1-3-5-16/h6-7H,1-5H2,(H,18,19). The van der Waals surface area contributed by atoms with Crippen LogP contribution in [0.25, 0.3) is 5.65 Å². The molecular formula is C12H13N5O4. The fourth-order valence-corrected chi connectivity index (χ4v) is 2.41. The average molecular weight is 291 g/mol. The van der Waals surface area contributed by atoms with Crippen LogP contribution in [0, 0.1) is 0 Å². The molecule has 2 aromatic heterocycles. The van der Waals surface area contributed by atoms with Gasteiger partial charge in [-0.05, 0) is 19.3 Å². The second-order valence-corrected chi connectivity index (χ2v) is 4.72. The van der Waals surface area contributed by atoms with Crippen LogP contribution >= 0.6 is 0 Å². The van der Waals surface area contributed by atoms with Crippen LogP contribution in [0.5, 0.6) is 0 Å². The Balaban J connectivity index is 2.10. The molecular weight excluding hydrogens is 278 g/mol. The smallest absolute Gasteiger partial charge is 0.460 e. The highest BCUT2D eigenvalue weighted by Gasteiger charge is 2.17. The molecule has 0 aromatic carbocycles. The molecule has 0 saturated carbocycles. The van der Waals surface area contributed by atoms with Crippen LogP contribution in [-0.2, 0) is 0 Å². The molecule has 3 heterocycles. The van der Waals surface area contributed by atoms with Gasteiger partial charge in [0.2, 0.25) is 0 Å². The van der Waals surface area contributed by atoms with Gasteiger partial charge >= 0.3 is 11.8 Å². The van der Waals surface area contributed by atoms with Crippen molar-refractivity contribution in [3.8, 4) is 0 Å². The van der Waals surface area contributed by atoms with E-state index in [2.05, 4.69) is 20.1 Å². The van der Waals surface area contributed by atoms with Crippen molar-refractivity contribution in [2.45, 2.75) is 19.3 Å². The molecule has 9 nitrogen and oxygen atoms in total. The summed E-state index contributed by atoms with van der Waals surface area (Å²) in [5.41, 5.74) is 0.591. The summed E-state index contributed by atoms with van der Waals surface area (Å²) in [5.74, 6) is -0.0817. The lowest BCUT2D eigenvalue weighted by Gasteiger charge is -2.28. The second kappa shape index (κ2) is 5.35. The van der Waals surface area contributed by atoms with Crippen molar-refractivity contribution >= 4 is 23.2 Å². The average Bonchev–Trinajstić information content (AvgIpc) is 2.85. The predicted molar refractivity (Wildman–Crippen MR) is 72.3 cm³/mol. The summed E-state index contributed by atoms with van der Waals surface area (Å²) in [7, 11) is 0. The molecule has 9 heteroatoms. The normalized spacial score (nSPS) is 15.9. The van der Waals surface area contributed by atoms with Crippen LogP contribution in [0.1, 0.15) is 19.3 Å². The van der Waals surface area contributed by atoms with Crippen LogP contribution in [0.2, 0.25) is 0 Å². The van der Waals surface area contributed by atoms with E-state index in [0.717, 1.165) is 32.4 Å². The van der Waals surface area contributed by atoms with Gasteiger partial charge in [-0.3, -0.25) is 0 Å². The van der Waals surface area contributed by atoms with Gasteiger partial charge in [0.25, 0.3) is 0 Å². The number of azo groups is 1. The first-order valence-corrected chi connectivity index (χ1v) is 6.57. The van der Waals surface area contributed by atoms with Crippen molar-refractivity contribution in [2.24, 2.45) is 10.2 Å². The number of hydrogen-bond donors (Lipinski definition) is 1. The fourth-order valence-electron chi connectivity index (χ4n) is 2.41. The largest absolute Gasteiger partial charge is 0.462 e. The third kappa shape index (κ3) is 2.76. The first-order chi connectivity index (χ1) is 10.1. The van der Waals surface area contributed by atoms with Crippen LogP contribution in [-0.4, -0.2) is 33.8 Å². The molecule has 2 aromatic rings. The molecule has 0 unspecified atom stereocenters. The van der Waals surface area contributed by atoms with Crippen LogP contribution in [0.15, 0.2) is 31.7 Å². The molecule has 0 bridgehead atoms. The molecule has 0 spiro atoms. The molecule has 1 amide bonds. The molecule has 0 radical (unpaired) electrons. The highest BCUT2D eigenvalue weighted by atomic mass is 16.5. The Morgan fingerprint density at radius 3 is 2.76 bits per heavy atom. The fraction of sp³-hybridized carbons (Fsp3) is 0.417. The number of carboxylic acid groups (broad SMARTS) is 1. The number of rotatable bonds is 2. The maximum Gasteiger partial charge on any atom is 0.460 e. The summed E-state index contributed by atoms with van der Waals surface area (Å²) in [6.45, 7) is 1.66. The molecule has 1 aliphatic rings. The molecule has 21 heavy (non-hydrogen) atoms. The monoisotopic (exact) mass is 291 g/mol. The van der Waals surface area contributed by atoms with E-state index in [1.54, 1.807) is 6.07 Å². The first-order valence-electron chi connectivity index (χ1n) is 6.57. The second-order valence-electron chi connectivity index (χ2n) is 4.72. The zero-order chi connectivity index (χ0) is 14.8. The Morgan fingerprint density at radius 1 is 1.29 bits per heavy atom. The van der Waals surface area contributed by atoms with Crippen molar-refractivity contribution in [2.75, 3.05) is 18.0 Å². The lowest BCUT2D eigenvalue weighted by molar-refractivity contribution is 0.204. The van der Waals surface area contributed by atoms with E-state index in [4.69, 9.17) is 9.63 Å². The minimum absolute atomic E-state index is 0.280. The van der Waals surface area contributed by atoms with Crippen molar-refractivity contribution in [1.82, 2.24) is 9.56 Å². The van der Waals surface area contributed by atoms with E-state index in [9.17, 15) is 9.59 Å². The molecule has 0 aliphatic carbocycles. The van der Waals surface area contributed by atoms with Gasteiger partial charge in [-0.15, -0.1) is 9.69 Å². The summed E-state index contributed by atoms with van der Waals surface area (Å²) in [6.07, 6.45) is 1.86. The summed E-state index contributed by atoms with van der Waals surface area (Å²) in [6, 6.07) is 3.08. The number of hydrogen-bond acceptors (Lipinski definition) is 6. The molecule has 110 valence electrons. The summed E-state index contributed by atoms with van der Waals surface area (Å²) < 4.78 is 6.39. The van der Waals surface area contributed by atoms with Crippen molar-refractivity contribution < 1.29 is 14.4 Å². The van der Waals surface area contributed by atoms with Gasteiger partial charge < -0.3 is 14.5 Å². The van der Waals surface area contributed by atoms with Crippen molar-refractivity contribution in [1.29, 1.82) is 0 Å². The molecule has 0 atom stereocenters. The maximum absolute atomic E-state index is 11.3. The SMILES string of the molecule is O=C(O)N=Nc1cc(N2CCCCC2)n2oc(=O)nc2c1. The van der Waals surface area contributed by atoms with Gasteiger partial charge in [-0.25, -0.2) is 9.59 Å². The van der Waals surface area contributed by atoms with Crippen molar-refractivity contribution in [3.63, 3.8) is 0 Å². The zero-order valence-corrected chi connectivity index (χ0v) is 11.1. The van der Waals surface area contributed by atoms with Crippen LogP contribution in [0.3, 0.4) is 0 Å². The topological polar surface area (TPSA) is 113 Å². The number of amides is 1. The minimum Gasteiger partial charge on any atom is -0.462 e. The number of piperidine rings is 1. The van der Waals surface area contributed by atoms with E-state index < -0.39 is 11.8 Å². The number of pyridine rings is 1. The zero-order valence-electron chi connectivity index (χ0n) is 11.1. The Labute approximate surface area is 118 Å². The summed E-state index contributed by atoms with van der Waals surface area (Å²) in [4.78, 5) is 27.6. The Kier molecular flexibility index (Phi) is 3.38. The lowest BCUT2D eigenvalue weighted by atomic mass is 10.1.